The largest absolute Gasteiger partial charge is 0.497 e. The van der Waals surface area contributed by atoms with E-state index in [4.69, 9.17) is 32.7 Å². The van der Waals surface area contributed by atoms with Gasteiger partial charge in [0.15, 0.2) is 6.10 Å². The van der Waals surface area contributed by atoms with Crippen LogP contribution in [0.1, 0.15) is 12.5 Å². The number of carbonyl (C=O) groups is 1. The van der Waals surface area contributed by atoms with Gasteiger partial charge in [0, 0.05) is 13.6 Å². The van der Waals surface area contributed by atoms with E-state index in [-0.39, 0.29) is 5.91 Å². The van der Waals surface area contributed by atoms with Crippen molar-refractivity contribution in [3.8, 4) is 11.5 Å². The molecule has 1 atom stereocenters. The predicted octanol–water partition coefficient (Wildman–Crippen LogP) is 4.43. The predicted molar refractivity (Wildman–Crippen MR) is 96.0 cm³/mol. The molecule has 2 rings (SSSR count). The lowest BCUT2D eigenvalue weighted by molar-refractivity contribution is -0.137. The molecule has 0 bridgehead atoms. The summed E-state index contributed by atoms with van der Waals surface area (Å²) in [5, 5.41) is 0.931. The lowest BCUT2D eigenvalue weighted by atomic mass is 10.2. The molecule has 1 amide bonds. The smallest absolute Gasteiger partial charge is 0.263 e. The van der Waals surface area contributed by atoms with Crippen LogP contribution >= 0.6 is 23.2 Å². The van der Waals surface area contributed by atoms with E-state index in [0.29, 0.717) is 22.3 Å². The highest BCUT2D eigenvalue weighted by Gasteiger charge is 2.20. The van der Waals surface area contributed by atoms with Gasteiger partial charge in [-0.25, -0.2) is 0 Å². The molecule has 0 spiro atoms. The van der Waals surface area contributed by atoms with Crippen LogP contribution in [0.25, 0.3) is 0 Å². The zero-order valence-electron chi connectivity index (χ0n) is 13.8. The maximum absolute atomic E-state index is 12.5. The Morgan fingerprint density at radius 3 is 2.38 bits per heavy atom. The van der Waals surface area contributed by atoms with Gasteiger partial charge >= 0.3 is 0 Å². The summed E-state index contributed by atoms with van der Waals surface area (Å²) in [5.74, 6) is 1.18. The minimum atomic E-state index is -0.624. The average molecular weight is 368 g/mol. The Balaban J connectivity index is 1.99. The Bertz CT molecular complexity index is 704. The number of hydrogen-bond donors (Lipinski definition) is 0. The number of rotatable bonds is 6. The standard InChI is InChI=1S/C18H19Cl2NO3/c1-12(24-15-9-7-14(23-3)8-10-15)18(22)21(2)11-13-5-4-6-16(19)17(13)20/h4-10,12H,11H2,1-3H3/t12-/m0/s1. The normalized spacial score (nSPS) is 11.7. The summed E-state index contributed by atoms with van der Waals surface area (Å²) in [4.78, 5) is 14.0. The van der Waals surface area contributed by atoms with Crippen LogP contribution in [-0.4, -0.2) is 31.1 Å². The Labute approximate surface area is 151 Å². The third-order valence-corrected chi connectivity index (χ3v) is 4.39. The molecule has 0 N–H and O–H groups in total. The number of methoxy groups -OCH3 is 1. The van der Waals surface area contributed by atoms with Gasteiger partial charge in [-0.3, -0.25) is 4.79 Å². The van der Waals surface area contributed by atoms with E-state index in [0.717, 1.165) is 11.3 Å². The van der Waals surface area contributed by atoms with Gasteiger partial charge in [0.25, 0.3) is 5.91 Å². The van der Waals surface area contributed by atoms with Crippen molar-refractivity contribution in [1.29, 1.82) is 0 Å². The van der Waals surface area contributed by atoms with Gasteiger partial charge in [-0.2, -0.15) is 0 Å². The molecule has 24 heavy (non-hydrogen) atoms. The second-order valence-electron chi connectivity index (χ2n) is 5.34. The number of amides is 1. The Kier molecular flexibility index (Phi) is 6.35. The van der Waals surface area contributed by atoms with Crippen LogP contribution in [0, 0.1) is 0 Å². The van der Waals surface area contributed by atoms with Crippen LogP contribution in [0.15, 0.2) is 42.5 Å². The van der Waals surface area contributed by atoms with Crippen molar-refractivity contribution >= 4 is 29.1 Å². The zero-order chi connectivity index (χ0) is 17.7. The van der Waals surface area contributed by atoms with E-state index in [1.54, 1.807) is 62.4 Å². The average Bonchev–Trinajstić information content (AvgIpc) is 2.58. The molecule has 0 saturated heterocycles. The summed E-state index contributed by atoms with van der Waals surface area (Å²) in [6.07, 6.45) is -0.624. The maximum atomic E-state index is 12.5. The van der Waals surface area contributed by atoms with E-state index >= 15 is 0 Å². The van der Waals surface area contributed by atoms with Gasteiger partial charge in [-0.05, 0) is 42.8 Å². The number of hydrogen-bond acceptors (Lipinski definition) is 3. The third kappa shape index (κ3) is 4.56. The first-order chi connectivity index (χ1) is 11.4. The van der Waals surface area contributed by atoms with Gasteiger partial charge in [0.05, 0.1) is 17.2 Å². The Morgan fingerprint density at radius 2 is 1.75 bits per heavy atom. The highest BCUT2D eigenvalue weighted by molar-refractivity contribution is 6.42. The highest BCUT2D eigenvalue weighted by atomic mass is 35.5. The van der Waals surface area contributed by atoms with Gasteiger partial charge in [0.2, 0.25) is 0 Å². The molecule has 128 valence electrons. The number of likely N-dealkylation sites (N-methyl/N-ethyl adjacent to an activating group) is 1. The van der Waals surface area contributed by atoms with E-state index in [1.807, 2.05) is 6.07 Å². The van der Waals surface area contributed by atoms with Crippen molar-refractivity contribution in [2.24, 2.45) is 0 Å². The molecule has 0 aliphatic rings. The second kappa shape index (κ2) is 8.27. The van der Waals surface area contributed by atoms with Crippen LogP contribution in [0.2, 0.25) is 10.0 Å². The molecule has 2 aromatic rings. The number of halogens is 2. The molecule has 0 heterocycles. The van der Waals surface area contributed by atoms with Crippen molar-refractivity contribution in [1.82, 2.24) is 4.90 Å². The fraction of sp³-hybridized carbons (Fsp3) is 0.278. The van der Waals surface area contributed by atoms with Crippen molar-refractivity contribution in [2.45, 2.75) is 19.6 Å². The summed E-state index contributed by atoms with van der Waals surface area (Å²) < 4.78 is 10.8. The van der Waals surface area contributed by atoms with Crippen molar-refractivity contribution < 1.29 is 14.3 Å². The zero-order valence-corrected chi connectivity index (χ0v) is 15.3. The molecular weight excluding hydrogens is 349 g/mol. The van der Waals surface area contributed by atoms with Crippen LogP contribution in [0.5, 0.6) is 11.5 Å². The maximum Gasteiger partial charge on any atom is 0.263 e. The second-order valence-corrected chi connectivity index (χ2v) is 6.13. The number of ether oxygens (including phenoxy) is 2. The summed E-state index contributed by atoms with van der Waals surface area (Å²) in [6, 6.07) is 12.4. The lowest BCUT2D eigenvalue weighted by Gasteiger charge is -2.23. The number of benzene rings is 2. The molecule has 6 heteroatoms. The van der Waals surface area contributed by atoms with E-state index in [2.05, 4.69) is 0 Å². The molecule has 2 aromatic carbocycles. The summed E-state index contributed by atoms with van der Waals surface area (Å²) in [6.45, 7) is 2.07. The Hall–Kier alpha value is -1.91. The summed E-state index contributed by atoms with van der Waals surface area (Å²) in [7, 11) is 3.30. The molecule has 0 aromatic heterocycles. The summed E-state index contributed by atoms with van der Waals surface area (Å²) in [5.41, 5.74) is 0.789. The quantitative estimate of drug-likeness (QED) is 0.757. The highest BCUT2D eigenvalue weighted by Crippen LogP contribution is 2.26. The monoisotopic (exact) mass is 367 g/mol. The third-order valence-electron chi connectivity index (χ3n) is 3.54. The van der Waals surface area contributed by atoms with Crippen molar-refractivity contribution in [2.75, 3.05) is 14.2 Å². The first-order valence-corrected chi connectivity index (χ1v) is 8.16. The molecule has 0 unspecified atom stereocenters. The van der Waals surface area contributed by atoms with E-state index in [9.17, 15) is 4.79 Å². The minimum Gasteiger partial charge on any atom is -0.497 e. The first kappa shape index (κ1) is 18.4. The lowest BCUT2D eigenvalue weighted by Crippen LogP contribution is -2.37. The van der Waals surface area contributed by atoms with Crippen molar-refractivity contribution in [3.63, 3.8) is 0 Å². The molecule has 0 saturated carbocycles. The fourth-order valence-corrected chi connectivity index (χ4v) is 2.60. The molecule has 0 radical (unpaired) electrons. The van der Waals surface area contributed by atoms with Crippen LogP contribution in [0.4, 0.5) is 0 Å². The van der Waals surface area contributed by atoms with Crippen LogP contribution < -0.4 is 9.47 Å². The van der Waals surface area contributed by atoms with Crippen LogP contribution in [0.3, 0.4) is 0 Å². The van der Waals surface area contributed by atoms with Crippen LogP contribution in [-0.2, 0) is 11.3 Å². The first-order valence-electron chi connectivity index (χ1n) is 7.41. The van der Waals surface area contributed by atoms with E-state index in [1.165, 1.54) is 0 Å². The molecule has 4 nitrogen and oxygen atoms in total. The topological polar surface area (TPSA) is 38.8 Å². The SMILES string of the molecule is COc1ccc(O[C@@H](C)C(=O)N(C)Cc2cccc(Cl)c2Cl)cc1. The van der Waals surface area contributed by atoms with Gasteiger partial charge < -0.3 is 14.4 Å². The minimum absolute atomic E-state index is 0.151. The Morgan fingerprint density at radius 1 is 1.12 bits per heavy atom. The van der Waals surface area contributed by atoms with E-state index < -0.39 is 6.10 Å². The molecule has 0 aliphatic carbocycles. The molecule has 0 fully saturated rings. The molecular formula is C18H19Cl2NO3. The summed E-state index contributed by atoms with van der Waals surface area (Å²) >= 11 is 12.2. The number of nitrogens with zero attached hydrogens (tertiary/aromatic N) is 1. The van der Waals surface area contributed by atoms with Gasteiger partial charge in [0.1, 0.15) is 11.5 Å². The molecule has 0 aliphatic heterocycles. The number of carbonyl (C=O) groups excluding carboxylic acids is 1. The van der Waals surface area contributed by atoms with Gasteiger partial charge in [-0.15, -0.1) is 0 Å². The van der Waals surface area contributed by atoms with Crippen molar-refractivity contribution in [3.05, 3.63) is 58.1 Å². The fourth-order valence-electron chi connectivity index (χ4n) is 2.22. The van der Waals surface area contributed by atoms with Gasteiger partial charge in [-0.1, -0.05) is 35.3 Å².